The molecule has 0 aliphatic carbocycles. The van der Waals surface area contributed by atoms with Gasteiger partial charge in [0, 0.05) is 18.8 Å². The fourth-order valence-electron chi connectivity index (χ4n) is 4.56. The van der Waals surface area contributed by atoms with Crippen molar-refractivity contribution in [3.63, 3.8) is 0 Å². The SMILES string of the molecule is Cc1nn(C)c(C)c1NC(=O)CN1CCCCC1c1nc(N)ncc1-c1cccc(C(F)(F)F)c1. The topological polar surface area (TPSA) is 102 Å². The van der Waals surface area contributed by atoms with E-state index in [-0.39, 0.29) is 24.4 Å². The predicted molar refractivity (Wildman–Crippen MR) is 126 cm³/mol. The molecule has 1 amide bonds. The molecule has 1 atom stereocenters. The molecule has 8 nitrogen and oxygen atoms in total. The first kappa shape index (κ1) is 24.6. The molecular formula is C24H28F3N7O. The Kier molecular flexibility index (Phi) is 6.79. The number of anilines is 2. The van der Waals surface area contributed by atoms with Crippen LogP contribution in [0.4, 0.5) is 24.8 Å². The van der Waals surface area contributed by atoms with Gasteiger partial charge in [-0.1, -0.05) is 18.6 Å². The number of aromatic nitrogens is 4. The van der Waals surface area contributed by atoms with E-state index in [0.717, 1.165) is 36.4 Å². The minimum atomic E-state index is -4.47. The van der Waals surface area contributed by atoms with Gasteiger partial charge in [-0.05, 0) is 50.9 Å². The Morgan fingerprint density at radius 2 is 2.03 bits per heavy atom. The second-order valence-electron chi connectivity index (χ2n) is 8.81. The molecule has 186 valence electrons. The van der Waals surface area contributed by atoms with Gasteiger partial charge in [0.05, 0.1) is 40.9 Å². The molecule has 4 rings (SSSR count). The van der Waals surface area contributed by atoms with E-state index < -0.39 is 11.7 Å². The molecule has 0 saturated carbocycles. The molecule has 1 aliphatic rings. The first-order valence-corrected chi connectivity index (χ1v) is 11.4. The Balaban J connectivity index is 1.64. The van der Waals surface area contributed by atoms with Crippen LogP contribution in [-0.2, 0) is 18.0 Å². The van der Waals surface area contributed by atoms with Gasteiger partial charge in [-0.3, -0.25) is 14.4 Å². The summed E-state index contributed by atoms with van der Waals surface area (Å²) in [5.41, 5.74) is 8.75. The van der Waals surface area contributed by atoms with Crippen molar-refractivity contribution < 1.29 is 18.0 Å². The molecule has 11 heteroatoms. The second kappa shape index (κ2) is 9.65. The molecule has 1 saturated heterocycles. The number of alkyl halides is 3. The summed E-state index contributed by atoms with van der Waals surface area (Å²) in [5, 5.41) is 7.28. The monoisotopic (exact) mass is 487 g/mol. The molecule has 35 heavy (non-hydrogen) atoms. The molecule has 3 heterocycles. The van der Waals surface area contributed by atoms with E-state index in [1.807, 2.05) is 25.8 Å². The number of carbonyl (C=O) groups excluding carboxylic acids is 1. The minimum Gasteiger partial charge on any atom is -0.368 e. The molecule has 0 bridgehead atoms. The lowest BCUT2D eigenvalue weighted by molar-refractivity contribution is -0.137. The normalized spacial score (nSPS) is 16.9. The first-order valence-electron chi connectivity index (χ1n) is 11.4. The number of nitrogens with two attached hydrogens (primary N) is 1. The highest BCUT2D eigenvalue weighted by atomic mass is 19.4. The number of benzene rings is 1. The number of nitrogen functional groups attached to an aromatic ring is 1. The Bertz CT molecular complexity index is 1240. The summed E-state index contributed by atoms with van der Waals surface area (Å²) in [5.74, 6) is -0.161. The molecule has 3 aromatic rings. The van der Waals surface area contributed by atoms with Crippen LogP contribution < -0.4 is 11.1 Å². The number of amides is 1. The van der Waals surface area contributed by atoms with Crippen LogP contribution in [0.1, 0.15) is 47.9 Å². The molecule has 0 radical (unpaired) electrons. The Hall–Kier alpha value is -3.47. The number of hydrogen-bond acceptors (Lipinski definition) is 6. The van der Waals surface area contributed by atoms with Crippen LogP contribution in [0.15, 0.2) is 30.5 Å². The van der Waals surface area contributed by atoms with E-state index in [2.05, 4.69) is 20.4 Å². The van der Waals surface area contributed by atoms with Crippen LogP contribution in [0.25, 0.3) is 11.1 Å². The van der Waals surface area contributed by atoms with Crippen molar-refractivity contribution in [2.45, 2.75) is 45.3 Å². The molecule has 1 fully saturated rings. The summed E-state index contributed by atoms with van der Waals surface area (Å²) < 4.78 is 41.7. The molecule has 1 unspecified atom stereocenters. The molecule has 1 aromatic carbocycles. The second-order valence-corrected chi connectivity index (χ2v) is 8.81. The molecule has 2 aromatic heterocycles. The predicted octanol–water partition coefficient (Wildman–Crippen LogP) is 4.26. The van der Waals surface area contributed by atoms with Gasteiger partial charge in [0.1, 0.15) is 0 Å². The quantitative estimate of drug-likeness (QED) is 0.558. The summed E-state index contributed by atoms with van der Waals surface area (Å²) in [7, 11) is 1.81. The van der Waals surface area contributed by atoms with Crippen molar-refractivity contribution in [2.75, 3.05) is 24.1 Å². The van der Waals surface area contributed by atoms with Crippen LogP contribution >= 0.6 is 0 Å². The number of carbonyl (C=O) groups is 1. The highest BCUT2D eigenvalue weighted by Crippen LogP contribution is 2.38. The van der Waals surface area contributed by atoms with E-state index in [1.165, 1.54) is 12.3 Å². The zero-order valence-electron chi connectivity index (χ0n) is 19.9. The third-order valence-corrected chi connectivity index (χ3v) is 6.39. The van der Waals surface area contributed by atoms with Crippen LogP contribution in [0, 0.1) is 13.8 Å². The average molecular weight is 488 g/mol. The Labute approximate surface area is 201 Å². The van der Waals surface area contributed by atoms with Crippen LogP contribution in [0.3, 0.4) is 0 Å². The first-order chi connectivity index (χ1) is 16.5. The van der Waals surface area contributed by atoms with Crippen LogP contribution in [-0.4, -0.2) is 43.6 Å². The third kappa shape index (κ3) is 5.29. The maximum Gasteiger partial charge on any atom is 0.416 e. The lowest BCUT2D eigenvalue weighted by atomic mass is 9.93. The van der Waals surface area contributed by atoms with Crippen molar-refractivity contribution in [1.29, 1.82) is 0 Å². The number of rotatable bonds is 5. The standard InChI is InChI=1S/C24H28F3N7O/c1-14-21(15(2)33(3)32-14)30-20(35)13-34-10-5-4-9-19(34)22-18(12-29-23(28)31-22)16-7-6-8-17(11-16)24(25,26)27/h6-8,11-12,19H,4-5,9-10,13H2,1-3H3,(H,30,35)(H2,28,29,31). The number of likely N-dealkylation sites (tertiary alicyclic amines) is 1. The number of hydrogen-bond donors (Lipinski definition) is 2. The summed E-state index contributed by atoms with van der Waals surface area (Å²) in [6, 6.07) is 4.79. The van der Waals surface area contributed by atoms with Gasteiger partial charge in [0.15, 0.2) is 0 Å². The zero-order valence-corrected chi connectivity index (χ0v) is 19.9. The number of aryl methyl sites for hydroxylation is 2. The van der Waals surface area contributed by atoms with Gasteiger partial charge < -0.3 is 11.1 Å². The van der Waals surface area contributed by atoms with Gasteiger partial charge in [0.2, 0.25) is 11.9 Å². The van der Waals surface area contributed by atoms with Gasteiger partial charge in [-0.2, -0.15) is 18.3 Å². The van der Waals surface area contributed by atoms with Gasteiger partial charge in [0.25, 0.3) is 0 Å². The van der Waals surface area contributed by atoms with Gasteiger partial charge in [-0.25, -0.2) is 9.97 Å². The van der Waals surface area contributed by atoms with Crippen LogP contribution in [0.5, 0.6) is 0 Å². The number of halogens is 3. The van der Waals surface area contributed by atoms with E-state index >= 15 is 0 Å². The lowest BCUT2D eigenvalue weighted by Gasteiger charge is -2.35. The summed E-state index contributed by atoms with van der Waals surface area (Å²) in [6.45, 7) is 4.46. The van der Waals surface area contributed by atoms with Crippen molar-refractivity contribution in [3.05, 3.63) is 53.1 Å². The maximum absolute atomic E-state index is 13.3. The van der Waals surface area contributed by atoms with Crippen molar-refractivity contribution in [3.8, 4) is 11.1 Å². The third-order valence-electron chi connectivity index (χ3n) is 6.39. The number of nitrogens with zero attached hydrogens (tertiary/aromatic N) is 5. The fourth-order valence-corrected chi connectivity index (χ4v) is 4.56. The van der Waals surface area contributed by atoms with E-state index in [4.69, 9.17) is 5.73 Å². The molecule has 3 N–H and O–H groups in total. The Morgan fingerprint density at radius 3 is 2.71 bits per heavy atom. The fraction of sp³-hybridized carbons (Fsp3) is 0.417. The van der Waals surface area contributed by atoms with E-state index in [9.17, 15) is 18.0 Å². The van der Waals surface area contributed by atoms with Crippen molar-refractivity contribution in [1.82, 2.24) is 24.6 Å². The highest BCUT2D eigenvalue weighted by molar-refractivity contribution is 5.93. The molecule has 1 aliphatic heterocycles. The number of piperidine rings is 1. The van der Waals surface area contributed by atoms with Crippen LogP contribution in [0.2, 0.25) is 0 Å². The van der Waals surface area contributed by atoms with Crippen molar-refractivity contribution in [2.24, 2.45) is 7.05 Å². The van der Waals surface area contributed by atoms with E-state index in [1.54, 1.807) is 10.7 Å². The largest absolute Gasteiger partial charge is 0.416 e. The minimum absolute atomic E-state index is 0.0345. The Morgan fingerprint density at radius 1 is 1.26 bits per heavy atom. The van der Waals surface area contributed by atoms with Crippen molar-refractivity contribution >= 4 is 17.5 Å². The molecular weight excluding hydrogens is 459 g/mol. The highest BCUT2D eigenvalue weighted by Gasteiger charge is 2.32. The number of nitrogens with one attached hydrogen (secondary N) is 1. The average Bonchev–Trinajstić information content (AvgIpc) is 3.05. The maximum atomic E-state index is 13.3. The zero-order chi connectivity index (χ0) is 25.3. The summed E-state index contributed by atoms with van der Waals surface area (Å²) >= 11 is 0. The smallest absolute Gasteiger partial charge is 0.368 e. The van der Waals surface area contributed by atoms with Gasteiger partial charge in [-0.15, -0.1) is 0 Å². The lowest BCUT2D eigenvalue weighted by Crippen LogP contribution is -2.40. The summed E-state index contributed by atoms with van der Waals surface area (Å²) in [6.07, 6.45) is -0.519. The summed E-state index contributed by atoms with van der Waals surface area (Å²) in [4.78, 5) is 23.5. The van der Waals surface area contributed by atoms with E-state index in [0.29, 0.717) is 35.5 Å². The van der Waals surface area contributed by atoms with Gasteiger partial charge >= 0.3 is 6.18 Å². The molecule has 0 spiro atoms.